The molecule has 0 unspecified atom stereocenters. The summed E-state index contributed by atoms with van der Waals surface area (Å²) in [6.45, 7) is 4.13. The molecule has 2 aromatic carbocycles. The number of aromatic nitrogens is 2. The molecular weight excluding hydrogens is 428 g/mol. The summed E-state index contributed by atoms with van der Waals surface area (Å²) in [6.07, 6.45) is 2.24. The van der Waals surface area contributed by atoms with E-state index < -0.39 is 5.69 Å². The van der Waals surface area contributed by atoms with Crippen LogP contribution in [-0.2, 0) is 17.9 Å². The highest BCUT2D eigenvalue weighted by Crippen LogP contribution is 2.29. The minimum absolute atomic E-state index is 0.0341. The molecule has 0 radical (unpaired) electrons. The number of carbonyl (C=O) groups is 1. The van der Waals surface area contributed by atoms with Crippen molar-refractivity contribution in [2.45, 2.75) is 38.9 Å². The van der Waals surface area contributed by atoms with Gasteiger partial charge in [-0.05, 0) is 56.6 Å². The molecule has 1 fully saturated rings. The zero-order valence-electron chi connectivity index (χ0n) is 18.1. The molecule has 0 saturated carbocycles. The van der Waals surface area contributed by atoms with Gasteiger partial charge in [-0.15, -0.1) is 0 Å². The Bertz CT molecular complexity index is 1240. The van der Waals surface area contributed by atoms with Gasteiger partial charge in [0, 0.05) is 18.1 Å². The zero-order chi connectivity index (χ0) is 22.7. The van der Waals surface area contributed by atoms with E-state index in [0.29, 0.717) is 22.5 Å². The topological polar surface area (TPSA) is 76.3 Å². The highest BCUT2D eigenvalue weighted by molar-refractivity contribution is 6.31. The second-order valence-corrected chi connectivity index (χ2v) is 8.43. The molecule has 1 atom stereocenters. The summed E-state index contributed by atoms with van der Waals surface area (Å²) in [5.74, 6) is -0.283. The number of nitrogens with one attached hydrogen (secondary N) is 1. The fourth-order valence-electron chi connectivity index (χ4n) is 4.45. The fourth-order valence-corrected chi connectivity index (χ4v) is 4.71. The van der Waals surface area contributed by atoms with Gasteiger partial charge in [-0.1, -0.05) is 41.9 Å². The first-order chi connectivity index (χ1) is 15.5. The van der Waals surface area contributed by atoms with Crippen molar-refractivity contribution < 1.29 is 4.79 Å². The van der Waals surface area contributed by atoms with Crippen molar-refractivity contribution >= 4 is 28.4 Å². The second-order valence-electron chi connectivity index (χ2n) is 8.02. The van der Waals surface area contributed by atoms with Gasteiger partial charge in [0.25, 0.3) is 5.56 Å². The largest absolute Gasteiger partial charge is 0.353 e. The van der Waals surface area contributed by atoms with Gasteiger partial charge >= 0.3 is 5.69 Å². The predicted octanol–water partition coefficient (Wildman–Crippen LogP) is 2.79. The van der Waals surface area contributed by atoms with Gasteiger partial charge in [-0.2, -0.15) is 0 Å². The summed E-state index contributed by atoms with van der Waals surface area (Å²) in [7, 11) is 0. The van der Waals surface area contributed by atoms with Gasteiger partial charge in [0.15, 0.2) is 0 Å². The fraction of sp³-hybridized carbons (Fsp3) is 0.375. The Morgan fingerprint density at radius 3 is 2.44 bits per heavy atom. The first-order valence-electron chi connectivity index (χ1n) is 11.0. The average molecular weight is 455 g/mol. The van der Waals surface area contributed by atoms with Gasteiger partial charge in [0.05, 0.1) is 16.9 Å². The van der Waals surface area contributed by atoms with Crippen LogP contribution in [0.3, 0.4) is 0 Å². The molecule has 0 aliphatic carbocycles. The Hall–Kier alpha value is -2.90. The van der Waals surface area contributed by atoms with E-state index in [1.807, 2.05) is 24.3 Å². The molecule has 8 heteroatoms. The van der Waals surface area contributed by atoms with Crippen molar-refractivity contribution in [3.8, 4) is 0 Å². The molecule has 7 nitrogen and oxygen atoms in total. The summed E-state index contributed by atoms with van der Waals surface area (Å²) in [6, 6.07) is 14.6. The standard InChI is InChI=1S/C24H27ClN4O3/c1-2-28-23(31)18-10-4-6-12-20(18)29(24(28)32)16-22(30)26-15-21(27-13-7-8-14-27)17-9-3-5-11-19(17)25/h3-6,9-12,21H,2,7-8,13-16H2,1H3,(H,26,30)/t21-/m0/s1. The third kappa shape index (κ3) is 4.36. The van der Waals surface area contributed by atoms with Gasteiger partial charge in [0.2, 0.25) is 5.91 Å². The van der Waals surface area contributed by atoms with Crippen LogP contribution in [0.2, 0.25) is 5.02 Å². The first kappa shape index (κ1) is 22.3. The molecule has 1 saturated heterocycles. The predicted molar refractivity (Wildman–Crippen MR) is 126 cm³/mol. The van der Waals surface area contributed by atoms with E-state index in [1.165, 1.54) is 4.57 Å². The SMILES string of the molecule is CCn1c(=O)c2ccccc2n(CC(=O)NC[C@@H](c2ccccc2Cl)N2CCCC2)c1=O. The summed E-state index contributed by atoms with van der Waals surface area (Å²) < 4.78 is 2.53. The first-order valence-corrected chi connectivity index (χ1v) is 11.4. The van der Waals surface area contributed by atoms with Crippen LogP contribution in [0.4, 0.5) is 0 Å². The Kier molecular flexibility index (Phi) is 6.77. The van der Waals surface area contributed by atoms with Crippen molar-refractivity contribution in [1.82, 2.24) is 19.4 Å². The van der Waals surface area contributed by atoms with Crippen LogP contribution < -0.4 is 16.6 Å². The van der Waals surface area contributed by atoms with Crippen LogP contribution in [-0.4, -0.2) is 39.6 Å². The average Bonchev–Trinajstić information content (AvgIpc) is 3.33. The highest BCUT2D eigenvalue weighted by atomic mass is 35.5. The molecule has 168 valence electrons. The lowest BCUT2D eigenvalue weighted by molar-refractivity contribution is -0.121. The molecule has 1 N–H and O–H groups in total. The number of fused-ring (bicyclic) bond motifs is 1. The number of rotatable bonds is 7. The van der Waals surface area contributed by atoms with E-state index in [2.05, 4.69) is 10.2 Å². The molecule has 0 spiro atoms. The maximum Gasteiger partial charge on any atom is 0.331 e. The Balaban J connectivity index is 1.58. The molecular formula is C24H27ClN4O3. The van der Waals surface area contributed by atoms with E-state index in [9.17, 15) is 14.4 Å². The van der Waals surface area contributed by atoms with Gasteiger partial charge in [0.1, 0.15) is 6.54 Å². The Morgan fingerprint density at radius 1 is 1.03 bits per heavy atom. The molecule has 1 aliphatic rings. The van der Waals surface area contributed by atoms with Gasteiger partial charge in [-0.25, -0.2) is 4.79 Å². The number of nitrogens with zero attached hydrogens (tertiary/aromatic N) is 3. The number of halogens is 1. The Labute approximate surface area is 191 Å². The summed E-state index contributed by atoms with van der Waals surface area (Å²) in [5, 5.41) is 4.09. The maximum absolute atomic E-state index is 12.9. The molecule has 1 aromatic heterocycles. The van der Waals surface area contributed by atoms with Crippen LogP contribution in [0.25, 0.3) is 10.9 Å². The van der Waals surface area contributed by atoms with E-state index in [-0.39, 0.29) is 30.6 Å². The summed E-state index contributed by atoms with van der Waals surface area (Å²) in [5.41, 5.74) is 0.634. The molecule has 32 heavy (non-hydrogen) atoms. The molecule has 3 aromatic rings. The van der Waals surface area contributed by atoms with E-state index >= 15 is 0 Å². The summed E-state index contributed by atoms with van der Waals surface area (Å²) >= 11 is 6.46. The van der Waals surface area contributed by atoms with Gasteiger partial charge < -0.3 is 5.32 Å². The number of carbonyl (C=O) groups excluding carboxylic acids is 1. The number of benzene rings is 2. The highest BCUT2D eigenvalue weighted by Gasteiger charge is 2.25. The van der Waals surface area contributed by atoms with E-state index in [4.69, 9.17) is 11.6 Å². The van der Waals surface area contributed by atoms with Crippen molar-refractivity contribution in [3.05, 3.63) is 80.0 Å². The van der Waals surface area contributed by atoms with Crippen molar-refractivity contribution in [2.24, 2.45) is 0 Å². The van der Waals surface area contributed by atoms with Gasteiger partial charge in [-0.3, -0.25) is 23.6 Å². The van der Waals surface area contributed by atoms with Crippen LogP contribution in [0.15, 0.2) is 58.1 Å². The van der Waals surface area contributed by atoms with E-state index in [1.54, 1.807) is 31.2 Å². The maximum atomic E-state index is 12.9. The third-order valence-electron chi connectivity index (χ3n) is 6.09. The number of hydrogen-bond donors (Lipinski definition) is 1. The van der Waals surface area contributed by atoms with Crippen LogP contribution >= 0.6 is 11.6 Å². The smallest absolute Gasteiger partial charge is 0.331 e. The number of para-hydroxylation sites is 1. The van der Waals surface area contributed by atoms with Crippen LogP contribution in [0, 0.1) is 0 Å². The molecule has 0 bridgehead atoms. The number of likely N-dealkylation sites (tertiary alicyclic amines) is 1. The normalized spacial score (nSPS) is 15.2. The Morgan fingerprint density at radius 2 is 1.72 bits per heavy atom. The van der Waals surface area contributed by atoms with E-state index in [0.717, 1.165) is 36.1 Å². The van der Waals surface area contributed by atoms with Crippen LogP contribution in [0.5, 0.6) is 0 Å². The molecule has 2 heterocycles. The number of amides is 1. The minimum atomic E-state index is -0.478. The van der Waals surface area contributed by atoms with Crippen molar-refractivity contribution in [3.63, 3.8) is 0 Å². The van der Waals surface area contributed by atoms with Crippen molar-refractivity contribution in [1.29, 1.82) is 0 Å². The minimum Gasteiger partial charge on any atom is -0.353 e. The second kappa shape index (κ2) is 9.71. The molecule has 4 rings (SSSR count). The quantitative estimate of drug-likeness (QED) is 0.595. The lowest BCUT2D eigenvalue weighted by Crippen LogP contribution is -2.43. The molecule has 1 amide bonds. The lowest BCUT2D eigenvalue weighted by atomic mass is 10.1. The van der Waals surface area contributed by atoms with Crippen molar-refractivity contribution in [2.75, 3.05) is 19.6 Å². The zero-order valence-corrected chi connectivity index (χ0v) is 18.8. The van der Waals surface area contributed by atoms with Crippen LogP contribution in [0.1, 0.15) is 31.4 Å². The lowest BCUT2D eigenvalue weighted by Gasteiger charge is -2.29. The third-order valence-corrected chi connectivity index (χ3v) is 6.43. The summed E-state index contributed by atoms with van der Waals surface area (Å²) in [4.78, 5) is 40.8. The molecule has 1 aliphatic heterocycles. The number of hydrogen-bond acceptors (Lipinski definition) is 4. The monoisotopic (exact) mass is 454 g/mol.